The standard InChI is InChI=1S/C10H20N2/c11-9-4-2-8(3-5-9)10(12)6-1-7-10/h8-9H,1-7,11-12H2. The van der Waals surface area contributed by atoms with Crippen LogP contribution in [-0.4, -0.2) is 11.6 Å². The molecule has 0 radical (unpaired) electrons. The Morgan fingerprint density at radius 3 is 2.00 bits per heavy atom. The summed E-state index contributed by atoms with van der Waals surface area (Å²) >= 11 is 0. The predicted molar refractivity (Wildman–Crippen MR) is 50.7 cm³/mol. The maximum Gasteiger partial charge on any atom is 0.0182 e. The van der Waals surface area contributed by atoms with Gasteiger partial charge in [0.15, 0.2) is 0 Å². The van der Waals surface area contributed by atoms with Gasteiger partial charge < -0.3 is 11.5 Å². The molecule has 2 nitrogen and oxygen atoms in total. The van der Waals surface area contributed by atoms with Crippen LogP contribution in [0.5, 0.6) is 0 Å². The Balaban J connectivity index is 1.88. The molecule has 0 amide bonds. The van der Waals surface area contributed by atoms with Crippen LogP contribution in [0.2, 0.25) is 0 Å². The third-order valence-electron chi connectivity index (χ3n) is 3.87. The van der Waals surface area contributed by atoms with Gasteiger partial charge in [-0.15, -0.1) is 0 Å². The third kappa shape index (κ3) is 1.38. The first-order valence-corrected chi connectivity index (χ1v) is 5.25. The summed E-state index contributed by atoms with van der Waals surface area (Å²) in [6.07, 6.45) is 8.81. The van der Waals surface area contributed by atoms with Crippen molar-refractivity contribution in [3.05, 3.63) is 0 Å². The third-order valence-corrected chi connectivity index (χ3v) is 3.87. The van der Waals surface area contributed by atoms with Gasteiger partial charge in [0.2, 0.25) is 0 Å². The van der Waals surface area contributed by atoms with Gasteiger partial charge in [0.1, 0.15) is 0 Å². The molecule has 2 aliphatic rings. The van der Waals surface area contributed by atoms with Crippen molar-refractivity contribution in [2.45, 2.75) is 56.5 Å². The van der Waals surface area contributed by atoms with E-state index >= 15 is 0 Å². The highest BCUT2D eigenvalue weighted by Gasteiger charge is 2.41. The van der Waals surface area contributed by atoms with Crippen LogP contribution in [-0.2, 0) is 0 Å². The number of rotatable bonds is 1. The summed E-state index contributed by atoms with van der Waals surface area (Å²) in [5.41, 5.74) is 12.4. The Labute approximate surface area is 74.7 Å². The van der Waals surface area contributed by atoms with Crippen molar-refractivity contribution in [3.63, 3.8) is 0 Å². The van der Waals surface area contributed by atoms with Gasteiger partial charge >= 0.3 is 0 Å². The Morgan fingerprint density at radius 1 is 1.00 bits per heavy atom. The van der Waals surface area contributed by atoms with Crippen LogP contribution in [0, 0.1) is 5.92 Å². The van der Waals surface area contributed by atoms with E-state index in [4.69, 9.17) is 11.5 Å². The second kappa shape index (κ2) is 3.00. The molecule has 0 aromatic carbocycles. The van der Waals surface area contributed by atoms with Crippen molar-refractivity contribution in [2.24, 2.45) is 17.4 Å². The van der Waals surface area contributed by atoms with Crippen LogP contribution >= 0.6 is 0 Å². The first-order chi connectivity index (χ1) is 5.71. The van der Waals surface area contributed by atoms with Gasteiger partial charge in [0, 0.05) is 11.6 Å². The normalized spacial score (nSPS) is 40.5. The molecule has 0 unspecified atom stereocenters. The smallest absolute Gasteiger partial charge is 0.0182 e. The van der Waals surface area contributed by atoms with Crippen molar-refractivity contribution in [1.29, 1.82) is 0 Å². The zero-order chi connectivity index (χ0) is 8.60. The summed E-state index contributed by atoms with van der Waals surface area (Å²) in [6.45, 7) is 0. The number of nitrogens with two attached hydrogens (primary N) is 2. The Bertz CT molecular complexity index is 155. The average Bonchev–Trinajstić information content (AvgIpc) is 2.02. The van der Waals surface area contributed by atoms with Gasteiger partial charge in [-0.2, -0.15) is 0 Å². The van der Waals surface area contributed by atoms with E-state index in [9.17, 15) is 0 Å². The molecule has 0 bridgehead atoms. The molecular weight excluding hydrogens is 148 g/mol. The van der Waals surface area contributed by atoms with Crippen molar-refractivity contribution in [3.8, 4) is 0 Å². The Hall–Kier alpha value is -0.0800. The molecule has 12 heavy (non-hydrogen) atoms. The predicted octanol–water partition coefficient (Wildman–Crippen LogP) is 1.39. The molecule has 0 aromatic rings. The van der Waals surface area contributed by atoms with Gasteiger partial charge in [-0.3, -0.25) is 0 Å². The second-order valence-electron chi connectivity index (χ2n) is 4.70. The highest BCUT2D eigenvalue weighted by molar-refractivity contribution is 4.99. The summed E-state index contributed by atoms with van der Waals surface area (Å²) in [4.78, 5) is 0. The van der Waals surface area contributed by atoms with Crippen LogP contribution in [0.3, 0.4) is 0 Å². The van der Waals surface area contributed by atoms with E-state index in [1.54, 1.807) is 0 Å². The summed E-state index contributed by atoms with van der Waals surface area (Å²) in [6, 6.07) is 0.463. The lowest BCUT2D eigenvalue weighted by molar-refractivity contribution is 0.113. The quantitative estimate of drug-likeness (QED) is 0.621. The molecular formula is C10H20N2. The van der Waals surface area contributed by atoms with E-state index in [1.165, 1.54) is 44.9 Å². The second-order valence-corrected chi connectivity index (χ2v) is 4.70. The molecule has 0 spiro atoms. The molecule has 2 rings (SSSR count). The molecule has 0 heterocycles. The molecule has 0 aromatic heterocycles. The van der Waals surface area contributed by atoms with Crippen LogP contribution < -0.4 is 11.5 Å². The molecule has 0 aliphatic heterocycles. The van der Waals surface area contributed by atoms with Crippen LogP contribution in [0.4, 0.5) is 0 Å². The zero-order valence-electron chi connectivity index (χ0n) is 7.76. The van der Waals surface area contributed by atoms with Crippen LogP contribution in [0.25, 0.3) is 0 Å². The van der Waals surface area contributed by atoms with E-state index in [-0.39, 0.29) is 5.54 Å². The zero-order valence-corrected chi connectivity index (χ0v) is 7.76. The van der Waals surface area contributed by atoms with Crippen molar-refractivity contribution in [2.75, 3.05) is 0 Å². The van der Waals surface area contributed by atoms with E-state index in [2.05, 4.69) is 0 Å². The van der Waals surface area contributed by atoms with Crippen LogP contribution in [0.1, 0.15) is 44.9 Å². The number of hydrogen-bond acceptors (Lipinski definition) is 2. The molecule has 2 saturated carbocycles. The topological polar surface area (TPSA) is 52.0 Å². The molecule has 70 valence electrons. The summed E-state index contributed by atoms with van der Waals surface area (Å²) in [5, 5.41) is 0. The molecule has 2 fully saturated rings. The maximum absolute atomic E-state index is 6.28. The van der Waals surface area contributed by atoms with Gasteiger partial charge in [0.05, 0.1) is 0 Å². The van der Waals surface area contributed by atoms with Gasteiger partial charge in [-0.1, -0.05) is 0 Å². The van der Waals surface area contributed by atoms with Gasteiger partial charge in [-0.25, -0.2) is 0 Å². The molecule has 2 heteroatoms. The lowest BCUT2D eigenvalue weighted by Gasteiger charge is -2.47. The SMILES string of the molecule is NC1CCC(C2(N)CCC2)CC1. The van der Waals surface area contributed by atoms with Crippen molar-refractivity contribution < 1.29 is 0 Å². The lowest BCUT2D eigenvalue weighted by Crippen LogP contribution is -2.54. The Morgan fingerprint density at radius 2 is 1.58 bits per heavy atom. The molecule has 2 aliphatic carbocycles. The maximum atomic E-state index is 6.28. The van der Waals surface area contributed by atoms with Crippen molar-refractivity contribution in [1.82, 2.24) is 0 Å². The number of hydrogen-bond donors (Lipinski definition) is 2. The first-order valence-electron chi connectivity index (χ1n) is 5.25. The summed E-state index contributed by atoms with van der Waals surface area (Å²) in [5.74, 6) is 0.783. The van der Waals surface area contributed by atoms with Gasteiger partial charge in [0.25, 0.3) is 0 Å². The fourth-order valence-corrected chi connectivity index (χ4v) is 2.69. The highest BCUT2D eigenvalue weighted by Crippen LogP contribution is 2.42. The average molecular weight is 168 g/mol. The van der Waals surface area contributed by atoms with E-state index in [1.807, 2.05) is 0 Å². The monoisotopic (exact) mass is 168 g/mol. The first kappa shape index (κ1) is 8.52. The minimum atomic E-state index is 0.222. The Kier molecular flexibility index (Phi) is 2.13. The highest BCUT2D eigenvalue weighted by atomic mass is 14.8. The fourth-order valence-electron chi connectivity index (χ4n) is 2.69. The molecule has 4 N–H and O–H groups in total. The fraction of sp³-hybridized carbons (Fsp3) is 1.00. The minimum Gasteiger partial charge on any atom is -0.328 e. The van der Waals surface area contributed by atoms with E-state index in [0.29, 0.717) is 6.04 Å². The van der Waals surface area contributed by atoms with E-state index < -0.39 is 0 Å². The summed E-state index contributed by atoms with van der Waals surface area (Å²) in [7, 11) is 0. The lowest BCUT2D eigenvalue weighted by atomic mass is 9.64. The van der Waals surface area contributed by atoms with E-state index in [0.717, 1.165) is 5.92 Å². The van der Waals surface area contributed by atoms with Crippen molar-refractivity contribution >= 4 is 0 Å². The largest absolute Gasteiger partial charge is 0.328 e. The van der Waals surface area contributed by atoms with Crippen LogP contribution in [0.15, 0.2) is 0 Å². The summed E-state index contributed by atoms with van der Waals surface area (Å²) < 4.78 is 0. The molecule has 0 atom stereocenters. The minimum absolute atomic E-state index is 0.222. The molecule has 0 saturated heterocycles. The van der Waals surface area contributed by atoms with Gasteiger partial charge in [-0.05, 0) is 50.9 Å².